The van der Waals surface area contributed by atoms with Gasteiger partial charge in [0.1, 0.15) is 5.75 Å². The van der Waals surface area contributed by atoms with Crippen molar-refractivity contribution >= 4 is 11.7 Å². The molecule has 0 heterocycles. The van der Waals surface area contributed by atoms with Gasteiger partial charge in [0.05, 0.1) is 24.9 Å². The van der Waals surface area contributed by atoms with Crippen LogP contribution in [0.1, 0.15) is 30.6 Å². The minimum Gasteiger partial charge on any atom is -0.497 e. The van der Waals surface area contributed by atoms with Gasteiger partial charge in [-0.25, -0.2) is 4.79 Å². The molecule has 0 spiro atoms. The maximum Gasteiger partial charge on any atom is 0.338 e. The van der Waals surface area contributed by atoms with Crippen LogP contribution >= 0.6 is 0 Å². The van der Waals surface area contributed by atoms with E-state index in [-0.39, 0.29) is 6.61 Å². The topological polar surface area (TPSA) is 81.8 Å². The number of carbonyl (C=O) groups excluding carboxylic acids is 1. The first-order chi connectivity index (χ1) is 8.31. The highest BCUT2D eigenvalue weighted by Crippen LogP contribution is 2.19. The lowest BCUT2D eigenvalue weighted by molar-refractivity contribution is 0.0244. The maximum absolute atomic E-state index is 11.7. The molecular formula is C13H19NO4. The van der Waals surface area contributed by atoms with Crippen molar-refractivity contribution in [2.45, 2.75) is 25.9 Å². The largest absolute Gasteiger partial charge is 0.497 e. The monoisotopic (exact) mass is 253 g/mol. The summed E-state index contributed by atoms with van der Waals surface area (Å²) in [7, 11) is 1.50. The molecule has 0 saturated heterocycles. The Labute approximate surface area is 107 Å². The zero-order chi connectivity index (χ0) is 13.8. The molecule has 1 aromatic carbocycles. The minimum absolute atomic E-state index is 0.152. The van der Waals surface area contributed by atoms with Crippen LogP contribution in [0.5, 0.6) is 5.75 Å². The Kier molecular flexibility index (Phi) is 4.55. The third kappa shape index (κ3) is 4.63. The number of anilines is 1. The van der Waals surface area contributed by atoms with Crippen molar-refractivity contribution < 1.29 is 19.4 Å². The summed E-state index contributed by atoms with van der Waals surface area (Å²) in [6.07, 6.45) is 0.373. The molecule has 0 fully saturated rings. The molecule has 3 N–H and O–H groups in total. The summed E-state index contributed by atoms with van der Waals surface area (Å²) < 4.78 is 10.1. The number of nitrogen functional groups attached to an aromatic ring is 1. The van der Waals surface area contributed by atoms with Gasteiger partial charge in [0.15, 0.2) is 0 Å². The van der Waals surface area contributed by atoms with Crippen molar-refractivity contribution in [2.75, 3.05) is 19.5 Å². The molecule has 5 nitrogen and oxygen atoms in total. The van der Waals surface area contributed by atoms with Crippen LogP contribution in [0.3, 0.4) is 0 Å². The zero-order valence-corrected chi connectivity index (χ0v) is 10.9. The molecule has 0 aliphatic rings. The number of carbonyl (C=O) groups is 1. The van der Waals surface area contributed by atoms with Crippen molar-refractivity contribution in [2.24, 2.45) is 0 Å². The molecule has 0 aromatic heterocycles. The molecule has 18 heavy (non-hydrogen) atoms. The average Bonchev–Trinajstić information content (AvgIpc) is 2.26. The molecule has 0 aliphatic carbocycles. The van der Waals surface area contributed by atoms with E-state index < -0.39 is 11.6 Å². The summed E-state index contributed by atoms with van der Waals surface area (Å²) in [5, 5.41) is 9.50. The third-order valence-electron chi connectivity index (χ3n) is 2.35. The molecule has 0 saturated carbocycles. The number of benzene rings is 1. The lowest BCUT2D eigenvalue weighted by atomic mass is 10.1. The summed E-state index contributed by atoms with van der Waals surface area (Å²) in [6.45, 7) is 3.47. The number of esters is 1. The zero-order valence-electron chi connectivity index (χ0n) is 10.9. The van der Waals surface area contributed by atoms with Gasteiger partial charge in [0, 0.05) is 18.2 Å². The van der Waals surface area contributed by atoms with Crippen molar-refractivity contribution in [1.29, 1.82) is 0 Å². The Morgan fingerprint density at radius 3 is 2.61 bits per heavy atom. The Hall–Kier alpha value is -1.75. The number of rotatable bonds is 5. The summed E-state index contributed by atoms with van der Waals surface area (Å²) >= 11 is 0. The molecule has 0 aliphatic heterocycles. The van der Waals surface area contributed by atoms with E-state index in [0.717, 1.165) is 0 Å². The minimum atomic E-state index is -0.853. The normalized spacial score (nSPS) is 11.1. The third-order valence-corrected chi connectivity index (χ3v) is 2.35. The van der Waals surface area contributed by atoms with Crippen LogP contribution in [0.25, 0.3) is 0 Å². The van der Waals surface area contributed by atoms with Gasteiger partial charge in [-0.15, -0.1) is 0 Å². The second-order valence-corrected chi connectivity index (χ2v) is 4.69. The Balaban J connectivity index is 2.64. The number of hydrogen-bond acceptors (Lipinski definition) is 5. The smallest absolute Gasteiger partial charge is 0.338 e. The molecule has 0 bridgehead atoms. The Morgan fingerprint density at radius 1 is 1.39 bits per heavy atom. The molecule has 5 heteroatoms. The fourth-order valence-corrected chi connectivity index (χ4v) is 1.33. The van der Waals surface area contributed by atoms with Gasteiger partial charge in [-0.05, 0) is 26.0 Å². The average molecular weight is 253 g/mol. The van der Waals surface area contributed by atoms with Gasteiger partial charge < -0.3 is 20.3 Å². The lowest BCUT2D eigenvalue weighted by Crippen LogP contribution is -2.22. The second kappa shape index (κ2) is 5.73. The number of hydrogen-bond donors (Lipinski definition) is 2. The number of ether oxygens (including phenoxy) is 2. The van der Waals surface area contributed by atoms with Crippen LogP contribution in [0.15, 0.2) is 18.2 Å². The first-order valence-corrected chi connectivity index (χ1v) is 5.66. The highest BCUT2D eigenvalue weighted by Gasteiger charge is 2.15. The molecule has 0 radical (unpaired) electrons. The predicted octanol–water partition coefficient (Wildman–Crippen LogP) is 1.60. The van der Waals surface area contributed by atoms with E-state index in [0.29, 0.717) is 23.4 Å². The van der Waals surface area contributed by atoms with Gasteiger partial charge in [0.2, 0.25) is 0 Å². The Bertz CT molecular complexity index is 423. The SMILES string of the molecule is COc1cc(N)cc(C(=O)OCCC(C)(C)O)c1. The quantitative estimate of drug-likeness (QED) is 0.615. The van der Waals surface area contributed by atoms with E-state index in [1.54, 1.807) is 26.0 Å². The van der Waals surface area contributed by atoms with E-state index in [4.69, 9.17) is 15.2 Å². The Morgan fingerprint density at radius 2 is 2.06 bits per heavy atom. The van der Waals surface area contributed by atoms with Gasteiger partial charge >= 0.3 is 5.97 Å². The fraction of sp³-hybridized carbons (Fsp3) is 0.462. The van der Waals surface area contributed by atoms with E-state index in [2.05, 4.69) is 0 Å². The van der Waals surface area contributed by atoms with Gasteiger partial charge in [-0.2, -0.15) is 0 Å². The van der Waals surface area contributed by atoms with Crippen LogP contribution in [-0.2, 0) is 4.74 Å². The summed E-state index contributed by atoms with van der Waals surface area (Å²) in [5.74, 6) is 0.0225. The number of aliphatic hydroxyl groups is 1. The van der Waals surface area contributed by atoms with Crippen LogP contribution in [0.4, 0.5) is 5.69 Å². The molecular weight excluding hydrogens is 234 g/mol. The van der Waals surface area contributed by atoms with Crippen LogP contribution in [0.2, 0.25) is 0 Å². The van der Waals surface area contributed by atoms with Gasteiger partial charge in [-0.1, -0.05) is 0 Å². The van der Waals surface area contributed by atoms with E-state index in [9.17, 15) is 9.90 Å². The molecule has 100 valence electrons. The van der Waals surface area contributed by atoms with Crippen LogP contribution in [0, 0.1) is 0 Å². The van der Waals surface area contributed by atoms with Gasteiger partial charge in [-0.3, -0.25) is 0 Å². The standard InChI is InChI=1S/C13H19NO4/c1-13(2,16)4-5-18-12(15)9-6-10(14)8-11(7-9)17-3/h6-8,16H,4-5,14H2,1-3H3. The summed E-state index contributed by atoms with van der Waals surface area (Å²) in [6, 6.07) is 4.70. The fourth-order valence-electron chi connectivity index (χ4n) is 1.33. The van der Waals surface area contributed by atoms with Gasteiger partial charge in [0.25, 0.3) is 0 Å². The van der Waals surface area contributed by atoms with E-state index >= 15 is 0 Å². The predicted molar refractivity (Wildman–Crippen MR) is 68.6 cm³/mol. The number of nitrogens with two attached hydrogens (primary N) is 1. The van der Waals surface area contributed by atoms with Crippen molar-refractivity contribution in [1.82, 2.24) is 0 Å². The van der Waals surface area contributed by atoms with Crippen molar-refractivity contribution in [3.63, 3.8) is 0 Å². The molecule has 1 aromatic rings. The molecule has 0 atom stereocenters. The summed E-state index contributed by atoms with van der Waals surface area (Å²) in [5.41, 5.74) is 5.56. The van der Waals surface area contributed by atoms with E-state index in [1.165, 1.54) is 13.2 Å². The van der Waals surface area contributed by atoms with Crippen LogP contribution < -0.4 is 10.5 Å². The lowest BCUT2D eigenvalue weighted by Gasteiger charge is -2.16. The first kappa shape index (κ1) is 14.3. The second-order valence-electron chi connectivity index (χ2n) is 4.69. The highest BCUT2D eigenvalue weighted by molar-refractivity contribution is 5.91. The molecule has 0 unspecified atom stereocenters. The first-order valence-electron chi connectivity index (χ1n) is 5.66. The highest BCUT2D eigenvalue weighted by atomic mass is 16.5. The maximum atomic E-state index is 11.7. The molecule has 0 amide bonds. The van der Waals surface area contributed by atoms with Crippen molar-refractivity contribution in [3.8, 4) is 5.75 Å². The number of methoxy groups -OCH3 is 1. The van der Waals surface area contributed by atoms with Crippen molar-refractivity contribution in [3.05, 3.63) is 23.8 Å². The van der Waals surface area contributed by atoms with E-state index in [1.807, 2.05) is 0 Å². The van der Waals surface area contributed by atoms with Crippen LogP contribution in [-0.4, -0.2) is 30.4 Å². The molecule has 1 rings (SSSR count). The summed E-state index contributed by atoms with van der Waals surface area (Å²) in [4.78, 5) is 11.7.